The van der Waals surface area contributed by atoms with Crippen molar-refractivity contribution in [3.8, 4) is 0 Å². The summed E-state index contributed by atoms with van der Waals surface area (Å²) < 4.78 is 26.2. The van der Waals surface area contributed by atoms with Gasteiger partial charge >= 0.3 is 0 Å². The molecule has 0 bridgehead atoms. The van der Waals surface area contributed by atoms with Gasteiger partial charge in [-0.2, -0.15) is 0 Å². The summed E-state index contributed by atoms with van der Waals surface area (Å²) >= 11 is 3.43. The van der Waals surface area contributed by atoms with Gasteiger partial charge < -0.3 is 0 Å². The predicted molar refractivity (Wildman–Crippen MR) is 55.3 cm³/mol. The Morgan fingerprint density at radius 2 is 2.07 bits per heavy atom. The second kappa shape index (κ2) is 3.61. The number of hydrogen-bond donors (Lipinski definition) is 0. The van der Waals surface area contributed by atoms with Gasteiger partial charge in [-0.3, -0.25) is 0 Å². The number of hydrogen-bond acceptors (Lipinski definition) is 0. The first-order chi connectivity index (χ1) is 6.59. The second-order valence-electron chi connectivity index (χ2n) is 3.94. The molecule has 0 heterocycles. The summed E-state index contributed by atoms with van der Waals surface area (Å²) in [6.07, 6.45) is 1.09. The third-order valence-corrected chi connectivity index (χ3v) is 3.98. The van der Waals surface area contributed by atoms with Crippen molar-refractivity contribution >= 4 is 15.9 Å². The highest BCUT2D eigenvalue weighted by molar-refractivity contribution is 9.09. The molecule has 0 amide bonds. The minimum Gasteiger partial charge on any atom is -0.207 e. The first kappa shape index (κ1) is 10.1. The number of halogens is 3. The molecule has 2 rings (SSSR count). The van der Waals surface area contributed by atoms with E-state index in [4.69, 9.17) is 0 Å². The molecule has 76 valence electrons. The summed E-state index contributed by atoms with van der Waals surface area (Å²) in [5.41, 5.74) is 0.444. The van der Waals surface area contributed by atoms with Crippen molar-refractivity contribution in [2.75, 3.05) is 0 Å². The van der Waals surface area contributed by atoms with Crippen LogP contribution >= 0.6 is 15.9 Å². The largest absolute Gasteiger partial charge is 0.207 e. The van der Waals surface area contributed by atoms with E-state index >= 15 is 0 Å². The molecule has 1 saturated carbocycles. The summed E-state index contributed by atoms with van der Waals surface area (Å²) in [6, 6.07) is 3.61. The van der Waals surface area contributed by atoms with E-state index in [2.05, 4.69) is 22.9 Å². The molecule has 3 unspecified atom stereocenters. The molecule has 1 aliphatic carbocycles. The SMILES string of the molecule is CC1CC1C(Br)c1cc(F)ccc1F. The van der Waals surface area contributed by atoms with Gasteiger partial charge in [0.15, 0.2) is 0 Å². The van der Waals surface area contributed by atoms with E-state index in [0.717, 1.165) is 12.5 Å². The first-order valence-corrected chi connectivity index (χ1v) is 5.60. The molecule has 3 heteroatoms. The molecule has 0 spiro atoms. The molecule has 1 aromatic carbocycles. The van der Waals surface area contributed by atoms with Crippen LogP contribution in [0.5, 0.6) is 0 Å². The maximum atomic E-state index is 13.3. The molecule has 3 atom stereocenters. The Hall–Kier alpha value is -0.440. The highest BCUT2D eigenvalue weighted by atomic mass is 79.9. The van der Waals surface area contributed by atoms with Gasteiger partial charge in [-0.1, -0.05) is 22.9 Å². The lowest BCUT2D eigenvalue weighted by molar-refractivity contribution is 0.574. The smallest absolute Gasteiger partial charge is 0.127 e. The van der Waals surface area contributed by atoms with E-state index < -0.39 is 0 Å². The molecule has 1 fully saturated rings. The normalized spacial score (nSPS) is 27.4. The second-order valence-corrected chi connectivity index (χ2v) is 4.93. The molecule has 0 saturated heterocycles. The Labute approximate surface area is 90.4 Å². The van der Waals surface area contributed by atoms with Gasteiger partial charge in [-0.05, 0) is 36.5 Å². The zero-order chi connectivity index (χ0) is 10.3. The van der Waals surface area contributed by atoms with E-state index in [9.17, 15) is 8.78 Å². The summed E-state index contributed by atoms with van der Waals surface area (Å²) in [4.78, 5) is -0.0480. The van der Waals surface area contributed by atoms with Crippen LogP contribution in [0, 0.1) is 23.5 Å². The van der Waals surface area contributed by atoms with Crippen molar-refractivity contribution < 1.29 is 8.78 Å². The van der Waals surface area contributed by atoms with Crippen LogP contribution in [-0.4, -0.2) is 0 Å². The lowest BCUT2D eigenvalue weighted by Crippen LogP contribution is -1.98. The van der Waals surface area contributed by atoms with Crippen molar-refractivity contribution in [2.45, 2.75) is 18.2 Å². The third kappa shape index (κ3) is 1.83. The molecule has 0 radical (unpaired) electrons. The zero-order valence-electron chi connectivity index (χ0n) is 7.81. The van der Waals surface area contributed by atoms with Crippen molar-refractivity contribution in [3.05, 3.63) is 35.4 Å². The summed E-state index contributed by atoms with van der Waals surface area (Å²) in [5.74, 6) is 0.361. The van der Waals surface area contributed by atoms with Crippen LogP contribution in [0.1, 0.15) is 23.7 Å². The Morgan fingerprint density at radius 3 is 2.64 bits per heavy atom. The summed E-state index contributed by atoms with van der Waals surface area (Å²) in [6.45, 7) is 2.12. The van der Waals surface area contributed by atoms with E-state index in [-0.39, 0.29) is 16.5 Å². The fourth-order valence-electron chi connectivity index (χ4n) is 1.72. The molecule has 14 heavy (non-hydrogen) atoms. The standard InChI is InChI=1S/C11H11BrF2/c1-6-4-8(6)11(12)9-5-7(13)2-3-10(9)14/h2-3,5-6,8,11H,4H2,1H3. The molecular weight excluding hydrogens is 250 g/mol. The highest BCUT2D eigenvalue weighted by Crippen LogP contribution is 2.51. The molecule has 1 aromatic rings. The average Bonchev–Trinajstić information content (AvgIpc) is 2.86. The maximum absolute atomic E-state index is 13.3. The van der Waals surface area contributed by atoms with Gasteiger partial charge in [-0.25, -0.2) is 8.78 Å². The molecule has 0 nitrogen and oxygen atoms in total. The molecule has 0 N–H and O–H groups in total. The summed E-state index contributed by atoms with van der Waals surface area (Å²) in [5, 5.41) is 0. The molecule has 1 aliphatic rings. The van der Waals surface area contributed by atoms with Crippen LogP contribution in [0.25, 0.3) is 0 Å². The van der Waals surface area contributed by atoms with Gasteiger partial charge in [0.25, 0.3) is 0 Å². The van der Waals surface area contributed by atoms with Crippen molar-refractivity contribution in [1.29, 1.82) is 0 Å². The van der Waals surface area contributed by atoms with Crippen LogP contribution in [0.3, 0.4) is 0 Å². The predicted octanol–water partition coefficient (Wildman–Crippen LogP) is 4.06. The topological polar surface area (TPSA) is 0 Å². The van der Waals surface area contributed by atoms with Crippen molar-refractivity contribution in [2.24, 2.45) is 11.8 Å². The number of alkyl halides is 1. The Bertz CT molecular complexity index is 351. The van der Waals surface area contributed by atoms with Crippen LogP contribution in [0.4, 0.5) is 8.78 Å². The van der Waals surface area contributed by atoms with Crippen LogP contribution < -0.4 is 0 Å². The first-order valence-electron chi connectivity index (χ1n) is 4.68. The summed E-state index contributed by atoms with van der Waals surface area (Å²) in [7, 11) is 0. The fraction of sp³-hybridized carbons (Fsp3) is 0.455. The molecule has 0 aromatic heterocycles. The van der Waals surface area contributed by atoms with E-state index in [1.165, 1.54) is 12.1 Å². The average molecular weight is 261 g/mol. The fourth-order valence-corrected chi connectivity index (χ4v) is 2.80. The van der Waals surface area contributed by atoms with Gasteiger partial charge in [-0.15, -0.1) is 0 Å². The van der Waals surface area contributed by atoms with Crippen molar-refractivity contribution in [1.82, 2.24) is 0 Å². The number of benzene rings is 1. The minimum absolute atomic E-state index is 0.0480. The van der Waals surface area contributed by atoms with Gasteiger partial charge in [0.05, 0.1) is 0 Å². The Morgan fingerprint density at radius 1 is 1.43 bits per heavy atom. The van der Waals surface area contributed by atoms with Crippen LogP contribution in [-0.2, 0) is 0 Å². The Balaban J connectivity index is 2.26. The lowest BCUT2D eigenvalue weighted by atomic mass is 10.1. The van der Waals surface area contributed by atoms with Crippen molar-refractivity contribution in [3.63, 3.8) is 0 Å². The molecular formula is C11H11BrF2. The zero-order valence-corrected chi connectivity index (χ0v) is 9.39. The number of rotatable bonds is 2. The third-order valence-electron chi connectivity index (χ3n) is 2.80. The van der Waals surface area contributed by atoms with Gasteiger partial charge in [0.2, 0.25) is 0 Å². The van der Waals surface area contributed by atoms with Gasteiger partial charge in [0.1, 0.15) is 11.6 Å². The maximum Gasteiger partial charge on any atom is 0.127 e. The quantitative estimate of drug-likeness (QED) is 0.704. The monoisotopic (exact) mass is 260 g/mol. The Kier molecular flexibility index (Phi) is 2.60. The van der Waals surface area contributed by atoms with E-state index in [0.29, 0.717) is 17.4 Å². The van der Waals surface area contributed by atoms with E-state index in [1.807, 2.05) is 0 Å². The lowest BCUT2D eigenvalue weighted by Gasteiger charge is -2.10. The van der Waals surface area contributed by atoms with Gasteiger partial charge in [0, 0.05) is 10.4 Å². The van der Waals surface area contributed by atoms with E-state index in [1.54, 1.807) is 0 Å². The molecule has 0 aliphatic heterocycles. The van der Waals surface area contributed by atoms with Crippen LogP contribution in [0.2, 0.25) is 0 Å². The minimum atomic E-state index is -0.376. The van der Waals surface area contributed by atoms with Crippen LogP contribution in [0.15, 0.2) is 18.2 Å². The highest BCUT2D eigenvalue weighted by Gasteiger charge is 2.39.